The predicted octanol–water partition coefficient (Wildman–Crippen LogP) is 4.00. The van der Waals surface area contributed by atoms with Gasteiger partial charge in [-0.1, -0.05) is 25.1 Å². The van der Waals surface area contributed by atoms with Gasteiger partial charge in [-0.25, -0.2) is 4.98 Å². The Morgan fingerprint density at radius 2 is 1.87 bits per heavy atom. The first-order chi connectivity index (χ1) is 14.8. The van der Waals surface area contributed by atoms with Crippen molar-refractivity contribution in [3.8, 4) is 0 Å². The Morgan fingerprint density at radius 3 is 2.52 bits per heavy atom. The third kappa shape index (κ3) is 4.10. The molecule has 1 aromatic heterocycles. The summed E-state index contributed by atoms with van der Waals surface area (Å²) in [5.41, 5.74) is 4.99. The van der Waals surface area contributed by atoms with Gasteiger partial charge in [0.2, 0.25) is 0 Å². The number of anilines is 2. The molecule has 0 radical (unpaired) electrons. The zero-order valence-corrected chi connectivity index (χ0v) is 18.4. The van der Waals surface area contributed by atoms with Crippen molar-refractivity contribution in [2.24, 2.45) is 5.92 Å². The Kier molecular flexibility index (Phi) is 5.63. The van der Waals surface area contributed by atoms with Crippen LogP contribution >= 0.6 is 0 Å². The number of carbonyl (C=O) groups is 2. The van der Waals surface area contributed by atoms with E-state index in [1.54, 1.807) is 18.3 Å². The minimum absolute atomic E-state index is 0.110. The molecule has 2 N–H and O–H groups in total. The van der Waals surface area contributed by atoms with Crippen LogP contribution in [0.15, 0.2) is 71.2 Å². The Balaban J connectivity index is 1.79. The zero-order chi connectivity index (χ0) is 22.1. The van der Waals surface area contributed by atoms with Gasteiger partial charge < -0.3 is 15.5 Å². The molecule has 0 saturated carbocycles. The van der Waals surface area contributed by atoms with E-state index in [0.717, 1.165) is 29.1 Å². The monoisotopic (exact) mass is 416 g/mol. The Labute approximate surface area is 183 Å². The van der Waals surface area contributed by atoms with Gasteiger partial charge in [-0.15, -0.1) is 0 Å². The highest BCUT2D eigenvalue weighted by molar-refractivity contribution is 6.09. The summed E-state index contributed by atoms with van der Waals surface area (Å²) in [5.74, 6) is 0.225. The summed E-state index contributed by atoms with van der Waals surface area (Å²) in [6, 6.07) is 13.5. The quantitative estimate of drug-likeness (QED) is 0.788. The van der Waals surface area contributed by atoms with Gasteiger partial charge in [0.15, 0.2) is 5.78 Å². The smallest absolute Gasteiger partial charge is 0.255 e. The maximum Gasteiger partial charge on any atom is 0.255 e. The van der Waals surface area contributed by atoms with E-state index in [0.29, 0.717) is 23.4 Å². The number of dihydropyridines is 1. The van der Waals surface area contributed by atoms with Crippen LogP contribution in [0.1, 0.15) is 38.2 Å². The maximum atomic E-state index is 13.4. The molecule has 1 aliphatic carbocycles. The lowest BCUT2D eigenvalue weighted by Gasteiger charge is -2.36. The average molecular weight is 417 g/mol. The van der Waals surface area contributed by atoms with Gasteiger partial charge in [0, 0.05) is 60.9 Å². The lowest BCUT2D eigenvalue weighted by Crippen LogP contribution is -2.37. The molecule has 6 heteroatoms. The number of ketones is 1. The number of amides is 1. The van der Waals surface area contributed by atoms with Crippen LogP contribution in [0.5, 0.6) is 0 Å². The van der Waals surface area contributed by atoms with Crippen molar-refractivity contribution < 1.29 is 9.59 Å². The van der Waals surface area contributed by atoms with Crippen molar-refractivity contribution in [3.05, 3.63) is 76.8 Å². The molecule has 0 spiro atoms. The molecule has 160 valence electrons. The Hall–Kier alpha value is -3.41. The third-order valence-corrected chi connectivity index (χ3v) is 5.93. The zero-order valence-electron chi connectivity index (χ0n) is 18.4. The van der Waals surface area contributed by atoms with E-state index in [1.165, 1.54) is 0 Å². The molecular weight excluding hydrogens is 388 g/mol. The number of rotatable bonds is 4. The van der Waals surface area contributed by atoms with Gasteiger partial charge in [0.05, 0.1) is 0 Å². The van der Waals surface area contributed by atoms with Crippen LogP contribution in [0.4, 0.5) is 11.5 Å². The number of Topliss-reactive ketones (excluding diaryl/α,β-unsaturated/α-hetero) is 1. The van der Waals surface area contributed by atoms with Gasteiger partial charge in [0.25, 0.3) is 5.91 Å². The Morgan fingerprint density at radius 1 is 1.13 bits per heavy atom. The number of pyridine rings is 1. The van der Waals surface area contributed by atoms with Crippen molar-refractivity contribution in [1.29, 1.82) is 0 Å². The summed E-state index contributed by atoms with van der Waals surface area (Å²) >= 11 is 0. The van der Waals surface area contributed by atoms with Gasteiger partial charge in [-0.3, -0.25) is 9.59 Å². The van der Waals surface area contributed by atoms with E-state index in [-0.39, 0.29) is 17.6 Å². The summed E-state index contributed by atoms with van der Waals surface area (Å²) in [4.78, 5) is 32.8. The highest BCUT2D eigenvalue weighted by atomic mass is 16.2. The number of hydrogen-bond acceptors (Lipinski definition) is 5. The first kappa shape index (κ1) is 20.8. The number of nitrogens with zero attached hydrogens (tertiary/aromatic N) is 2. The highest BCUT2D eigenvalue weighted by Gasteiger charge is 2.39. The van der Waals surface area contributed by atoms with Crippen molar-refractivity contribution in [2.45, 2.75) is 32.6 Å². The molecule has 2 aromatic rings. The van der Waals surface area contributed by atoms with Crippen molar-refractivity contribution in [1.82, 2.24) is 10.3 Å². The summed E-state index contributed by atoms with van der Waals surface area (Å²) in [6.45, 7) is 3.99. The second-order valence-corrected chi connectivity index (χ2v) is 8.58. The fraction of sp³-hybridized carbons (Fsp3) is 0.320. The number of nitrogens with one attached hydrogen (secondary N) is 2. The van der Waals surface area contributed by atoms with E-state index >= 15 is 0 Å². The highest BCUT2D eigenvalue weighted by Crippen LogP contribution is 2.43. The van der Waals surface area contributed by atoms with E-state index in [2.05, 4.69) is 22.5 Å². The molecule has 0 saturated heterocycles. The van der Waals surface area contributed by atoms with Crippen LogP contribution in [0.2, 0.25) is 0 Å². The summed E-state index contributed by atoms with van der Waals surface area (Å²) in [6.07, 6.45) is 2.95. The Bertz CT molecular complexity index is 1070. The minimum Gasteiger partial charge on any atom is -0.378 e. The fourth-order valence-electron chi connectivity index (χ4n) is 4.45. The summed E-state index contributed by atoms with van der Waals surface area (Å²) in [5, 5.41) is 6.27. The van der Waals surface area contributed by atoms with E-state index in [1.807, 2.05) is 56.3 Å². The lowest BCUT2D eigenvalue weighted by molar-refractivity contribution is -0.117. The number of hydrogen-bond donors (Lipinski definition) is 2. The van der Waals surface area contributed by atoms with Gasteiger partial charge >= 0.3 is 0 Å². The standard InChI is InChI=1S/C25H28N4O2/c1-15-13-19-24(20(30)14-15)23(17-8-10-18(11-9-17)29(3)4)22(16(2)27-19)25(31)28-21-7-5-6-12-26-21/h5-12,15,23,27H,13-14H2,1-4H3,(H,26,28,31)/t15-,23-/m1/s1. The molecule has 1 aromatic carbocycles. The molecule has 2 heterocycles. The van der Waals surface area contributed by atoms with E-state index in [9.17, 15) is 9.59 Å². The van der Waals surface area contributed by atoms with Crippen LogP contribution in [0.25, 0.3) is 0 Å². The topological polar surface area (TPSA) is 74.3 Å². The molecule has 6 nitrogen and oxygen atoms in total. The number of carbonyl (C=O) groups excluding carboxylic acids is 2. The van der Waals surface area contributed by atoms with Crippen LogP contribution in [0.3, 0.4) is 0 Å². The van der Waals surface area contributed by atoms with Crippen LogP contribution in [0, 0.1) is 5.92 Å². The molecule has 0 unspecified atom stereocenters. The average Bonchev–Trinajstić information content (AvgIpc) is 2.73. The molecule has 0 fully saturated rings. The van der Waals surface area contributed by atoms with Gasteiger partial charge in [-0.2, -0.15) is 0 Å². The van der Waals surface area contributed by atoms with Crippen LogP contribution in [-0.2, 0) is 9.59 Å². The summed E-state index contributed by atoms with van der Waals surface area (Å²) < 4.78 is 0. The predicted molar refractivity (Wildman–Crippen MR) is 123 cm³/mol. The molecule has 31 heavy (non-hydrogen) atoms. The molecule has 1 amide bonds. The first-order valence-electron chi connectivity index (χ1n) is 10.6. The molecule has 4 rings (SSSR count). The first-order valence-corrected chi connectivity index (χ1v) is 10.6. The van der Waals surface area contributed by atoms with Gasteiger partial charge in [-0.05, 0) is 49.1 Å². The minimum atomic E-state index is -0.406. The number of allylic oxidation sites excluding steroid dienone is 3. The molecule has 2 atom stereocenters. The second kappa shape index (κ2) is 8.38. The molecular formula is C25H28N4O2. The fourth-order valence-corrected chi connectivity index (χ4v) is 4.45. The SMILES string of the molecule is CC1=C(C(=O)Nc2ccccn2)[C@@H](c2ccc(N(C)C)cc2)C2=C(C[C@@H](C)CC2=O)N1. The van der Waals surface area contributed by atoms with E-state index < -0.39 is 5.92 Å². The lowest BCUT2D eigenvalue weighted by atomic mass is 9.73. The molecule has 1 aliphatic heterocycles. The van der Waals surface area contributed by atoms with Crippen molar-refractivity contribution >= 4 is 23.2 Å². The second-order valence-electron chi connectivity index (χ2n) is 8.58. The number of aromatic nitrogens is 1. The summed E-state index contributed by atoms with van der Waals surface area (Å²) in [7, 11) is 3.98. The van der Waals surface area contributed by atoms with Crippen molar-refractivity contribution in [3.63, 3.8) is 0 Å². The molecule has 0 bridgehead atoms. The van der Waals surface area contributed by atoms with Crippen LogP contribution < -0.4 is 15.5 Å². The largest absolute Gasteiger partial charge is 0.378 e. The van der Waals surface area contributed by atoms with Gasteiger partial charge in [0.1, 0.15) is 5.82 Å². The normalized spacial score (nSPS) is 20.8. The van der Waals surface area contributed by atoms with Crippen LogP contribution in [-0.4, -0.2) is 30.8 Å². The maximum absolute atomic E-state index is 13.4. The third-order valence-electron chi connectivity index (χ3n) is 5.93. The molecule has 2 aliphatic rings. The number of benzene rings is 1. The van der Waals surface area contributed by atoms with Crippen molar-refractivity contribution in [2.75, 3.05) is 24.3 Å². The van der Waals surface area contributed by atoms with E-state index in [4.69, 9.17) is 0 Å².